The Morgan fingerprint density at radius 2 is 1.81 bits per heavy atom. The van der Waals surface area contributed by atoms with E-state index in [2.05, 4.69) is 10.2 Å². The van der Waals surface area contributed by atoms with E-state index in [-0.39, 0.29) is 36.0 Å². The Hall–Kier alpha value is -1.98. The molecule has 1 aliphatic heterocycles. The minimum Gasteiger partial charge on any atom is -0.497 e. The second-order valence-electron chi connectivity index (χ2n) is 6.50. The first-order chi connectivity index (χ1) is 12.7. The highest BCUT2D eigenvalue weighted by atomic mass is 32.2. The first kappa shape index (κ1) is 19.8. The molecule has 9 nitrogen and oxygen atoms in total. The van der Waals surface area contributed by atoms with E-state index in [1.54, 1.807) is 26.1 Å². The summed E-state index contributed by atoms with van der Waals surface area (Å²) in [5.74, 6) is 0.583. The summed E-state index contributed by atoms with van der Waals surface area (Å²) in [7, 11) is -4.26. The molecule has 0 saturated carbocycles. The number of sulfone groups is 1. The minimum absolute atomic E-state index is 0.0881. The first-order valence-electron chi connectivity index (χ1n) is 8.40. The largest absolute Gasteiger partial charge is 0.497 e. The van der Waals surface area contributed by atoms with Gasteiger partial charge in [0, 0.05) is 20.1 Å². The Balaban J connectivity index is 1.78. The normalized spacial score (nSPS) is 17.1. The molecule has 1 aromatic carbocycles. The lowest BCUT2D eigenvalue weighted by Crippen LogP contribution is -2.43. The van der Waals surface area contributed by atoms with E-state index in [0.29, 0.717) is 11.3 Å². The fourth-order valence-corrected chi connectivity index (χ4v) is 6.65. The molecule has 2 aromatic rings. The van der Waals surface area contributed by atoms with Crippen molar-refractivity contribution in [1.29, 1.82) is 0 Å². The molecule has 3 rings (SSSR count). The van der Waals surface area contributed by atoms with Gasteiger partial charge >= 0.3 is 0 Å². The van der Waals surface area contributed by atoms with Crippen molar-refractivity contribution in [3.8, 4) is 5.75 Å². The van der Waals surface area contributed by atoms with E-state index in [4.69, 9.17) is 4.74 Å². The summed E-state index contributed by atoms with van der Waals surface area (Å²) in [5, 5.41) is 6.54. The SMILES string of the molecule is COc1ccc(S(=O)(=O)N2CCC(S(=O)(=O)c3nncn3C)CC2)c(C)c1. The maximum Gasteiger partial charge on any atom is 0.249 e. The van der Waals surface area contributed by atoms with Crippen molar-refractivity contribution in [2.75, 3.05) is 20.2 Å². The van der Waals surface area contributed by atoms with Crippen LogP contribution < -0.4 is 4.74 Å². The number of aromatic nitrogens is 3. The first-order valence-corrected chi connectivity index (χ1v) is 11.4. The molecule has 0 N–H and O–H groups in total. The lowest BCUT2D eigenvalue weighted by molar-refractivity contribution is 0.344. The average molecular weight is 415 g/mol. The number of nitrogens with zero attached hydrogens (tertiary/aromatic N) is 4. The molecule has 0 spiro atoms. The third kappa shape index (κ3) is 3.58. The molecule has 0 aliphatic carbocycles. The summed E-state index contributed by atoms with van der Waals surface area (Å²) in [6.45, 7) is 1.98. The van der Waals surface area contributed by atoms with Crippen molar-refractivity contribution >= 4 is 19.9 Å². The Kier molecular flexibility index (Phi) is 5.28. The van der Waals surface area contributed by atoms with Crippen LogP contribution in [0.3, 0.4) is 0 Å². The van der Waals surface area contributed by atoms with Gasteiger partial charge in [-0.1, -0.05) is 0 Å². The standard InChI is InChI=1S/C16H22N4O5S2/c1-12-10-13(25-3)4-5-15(12)27(23,24)20-8-6-14(7-9-20)26(21,22)16-18-17-11-19(16)2/h4-5,10-11,14H,6-9H2,1-3H3. The third-order valence-corrected chi connectivity index (χ3v) is 9.05. The fourth-order valence-electron chi connectivity index (χ4n) is 3.24. The minimum atomic E-state index is -3.70. The van der Waals surface area contributed by atoms with Crippen LogP contribution in [-0.2, 0) is 26.9 Å². The van der Waals surface area contributed by atoms with Crippen LogP contribution in [0, 0.1) is 6.92 Å². The van der Waals surface area contributed by atoms with Gasteiger partial charge in [-0.05, 0) is 43.5 Å². The summed E-state index contributed by atoms with van der Waals surface area (Å²) in [4.78, 5) is 0.206. The number of rotatable bonds is 5. The lowest BCUT2D eigenvalue weighted by Gasteiger charge is -2.31. The Morgan fingerprint density at radius 3 is 2.33 bits per heavy atom. The number of sulfonamides is 1. The molecule has 0 bridgehead atoms. The molecule has 1 saturated heterocycles. The quantitative estimate of drug-likeness (QED) is 0.710. The van der Waals surface area contributed by atoms with Crippen molar-refractivity contribution in [3.05, 3.63) is 30.1 Å². The Morgan fingerprint density at radius 1 is 1.15 bits per heavy atom. The fraction of sp³-hybridized carbons (Fsp3) is 0.500. The van der Waals surface area contributed by atoms with Gasteiger partial charge in [0.15, 0.2) is 0 Å². The maximum atomic E-state index is 13.0. The van der Waals surface area contributed by atoms with Crippen LogP contribution in [0.5, 0.6) is 5.75 Å². The van der Waals surface area contributed by atoms with Crippen molar-refractivity contribution in [2.24, 2.45) is 7.05 Å². The summed E-state index contributed by atoms with van der Waals surface area (Å²) in [6.07, 6.45) is 1.76. The van der Waals surface area contributed by atoms with Gasteiger partial charge in [0.2, 0.25) is 25.0 Å². The van der Waals surface area contributed by atoms with Crippen LogP contribution in [0.1, 0.15) is 18.4 Å². The van der Waals surface area contributed by atoms with E-state index < -0.39 is 25.1 Å². The highest BCUT2D eigenvalue weighted by molar-refractivity contribution is 7.92. The molecule has 27 heavy (non-hydrogen) atoms. The molecular weight excluding hydrogens is 392 g/mol. The number of piperidine rings is 1. The van der Waals surface area contributed by atoms with Gasteiger partial charge < -0.3 is 9.30 Å². The maximum absolute atomic E-state index is 13.0. The van der Waals surface area contributed by atoms with Crippen LogP contribution in [0.2, 0.25) is 0 Å². The lowest BCUT2D eigenvalue weighted by atomic mass is 10.2. The van der Waals surface area contributed by atoms with Crippen molar-refractivity contribution in [2.45, 2.75) is 35.1 Å². The molecule has 0 unspecified atom stereocenters. The van der Waals surface area contributed by atoms with Gasteiger partial charge in [0.25, 0.3) is 0 Å². The molecular formula is C16H22N4O5S2. The highest BCUT2D eigenvalue weighted by Crippen LogP contribution is 2.29. The second kappa shape index (κ2) is 7.21. The third-order valence-electron chi connectivity index (χ3n) is 4.76. The van der Waals surface area contributed by atoms with Crippen LogP contribution in [0.15, 0.2) is 34.6 Å². The summed E-state index contributed by atoms with van der Waals surface area (Å²) in [6, 6.07) is 4.79. The molecule has 11 heteroatoms. The highest BCUT2D eigenvalue weighted by Gasteiger charge is 2.38. The van der Waals surface area contributed by atoms with Gasteiger partial charge in [-0.25, -0.2) is 16.8 Å². The van der Waals surface area contributed by atoms with Crippen LogP contribution in [0.25, 0.3) is 0 Å². The van der Waals surface area contributed by atoms with E-state index in [1.807, 2.05) is 0 Å². The van der Waals surface area contributed by atoms with E-state index >= 15 is 0 Å². The van der Waals surface area contributed by atoms with Crippen molar-refractivity contribution in [1.82, 2.24) is 19.1 Å². The molecule has 0 radical (unpaired) electrons. The van der Waals surface area contributed by atoms with Gasteiger partial charge in [-0.3, -0.25) is 0 Å². The van der Waals surface area contributed by atoms with Crippen LogP contribution in [-0.4, -0.2) is 61.4 Å². The van der Waals surface area contributed by atoms with Gasteiger partial charge in [-0.2, -0.15) is 4.31 Å². The number of hydrogen-bond acceptors (Lipinski definition) is 7. The van der Waals surface area contributed by atoms with Gasteiger partial charge in [-0.15, -0.1) is 10.2 Å². The predicted octanol–water partition coefficient (Wildman–Crippen LogP) is 0.759. The van der Waals surface area contributed by atoms with E-state index in [9.17, 15) is 16.8 Å². The second-order valence-corrected chi connectivity index (χ2v) is 10.5. The number of aryl methyl sites for hydroxylation is 2. The monoisotopic (exact) mass is 414 g/mol. The number of hydrogen-bond donors (Lipinski definition) is 0. The zero-order chi connectivity index (χ0) is 19.8. The van der Waals surface area contributed by atoms with Gasteiger partial charge in [0.1, 0.15) is 12.1 Å². The van der Waals surface area contributed by atoms with Crippen molar-refractivity contribution in [3.63, 3.8) is 0 Å². The molecule has 148 valence electrons. The molecule has 2 heterocycles. The Labute approximate surface area is 158 Å². The molecule has 0 atom stereocenters. The molecule has 1 aromatic heterocycles. The zero-order valence-corrected chi connectivity index (χ0v) is 17.0. The van der Waals surface area contributed by atoms with Crippen LogP contribution >= 0.6 is 0 Å². The van der Waals surface area contributed by atoms with Crippen molar-refractivity contribution < 1.29 is 21.6 Å². The van der Waals surface area contributed by atoms with Gasteiger partial charge in [0.05, 0.1) is 17.3 Å². The predicted molar refractivity (Wildman–Crippen MR) is 97.7 cm³/mol. The number of ether oxygens (including phenoxy) is 1. The Bertz CT molecular complexity index is 1040. The smallest absolute Gasteiger partial charge is 0.249 e. The summed E-state index contributed by atoms with van der Waals surface area (Å²) >= 11 is 0. The van der Waals surface area contributed by atoms with Crippen LogP contribution in [0.4, 0.5) is 0 Å². The van der Waals surface area contributed by atoms with E-state index in [0.717, 1.165) is 0 Å². The topological polar surface area (TPSA) is 111 Å². The zero-order valence-electron chi connectivity index (χ0n) is 15.4. The molecule has 1 fully saturated rings. The summed E-state index contributed by atoms with van der Waals surface area (Å²) < 4.78 is 59.2. The van der Waals surface area contributed by atoms with E-state index in [1.165, 1.54) is 28.4 Å². The molecule has 1 aliphatic rings. The average Bonchev–Trinajstić information content (AvgIpc) is 3.08. The number of benzene rings is 1. The summed E-state index contributed by atoms with van der Waals surface area (Å²) in [5.41, 5.74) is 0.586. The number of methoxy groups -OCH3 is 1. The molecule has 0 amide bonds.